The number of nitrogens with one attached hydrogen (secondary N) is 2. The molecule has 0 atom stereocenters. The first-order valence-corrected chi connectivity index (χ1v) is 10.4. The molecule has 2 N–H and O–H groups in total. The normalized spacial score (nSPS) is 10.7. The van der Waals surface area contributed by atoms with Gasteiger partial charge < -0.3 is 9.47 Å². The average Bonchev–Trinajstić information content (AvgIpc) is 3.39. The summed E-state index contributed by atoms with van der Waals surface area (Å²) >= 11 is 7.14. The quantitative estimate of drug-likeness (QED) is 0.417. The molecule has 2 heterocycles. The van der Waals surface area contributed by atoms with E-state index in [4.69, 9.17) is 21.1 Å². The van der Waals surface area contributed by atoms with E-state index in [1.165, 1.54) is 11.3 Å². The summed E-state index contributed by atoms with van der Waals surface area (Å²) in [6, 6.07) is 14.5. The third-order valence-corrected chi connectivity index (χ3v) is 5.68. The Bertz CT molecular complexity index is 1210. The van der Waals surface area contributed by atoms with Crippen LogP contribution in [0, 0.1) is 6.92 Å². The molecule has 0 aliphatic heterocycles. The van der Waals surface area contributed by atoms with Gasteiger partial charge in [0.05, 0.1) is 18.4 Å². The lowest BCUT2D eigenvalue weighted by molar-refractivity contribution is 0.102. The zero-order chi connectivity index (χ0) is 21.8. The average molecular weight is 456 g/mol. The largest absolute Gasteiger partial charge is 0.496 e. The van der Waals surface area contributed by atoms with Gasteiger partial charge in [0.15, 0.2) is 5.82 Å². The zero-order valence-corrected chi connectivity index (χ0v) is 18.3. The molecule has 0 aliphatic rings. The predicted molar refractivity (Wildman–Crippen MR) is 119 cm³/mol. The number of carbonyl (C=O) groups excluding carboxylic acids is 1. The molecule has 0 radical (unpaired) electrons. The van der Waals surface area contributed by atoms with Crippen molar-refractivity contribution < 1.29 is 14.3 Å². The van der Waals surface area contributed by atoms with E-state index in [1.54, 1.807) is 38.3 Å². The van der Waals surface area contributed by atoms with Gasteiger partial charge in [-0.15, -0.1) is 16.4 Å². The maximum absolute atomic E-state index is 12.7. The lowest BCUT2D eigenvalue weighted by Crippen LogP contribution is -2.12. The minimum Gasteiger partial charge on any atom is -0.496 e. The fourth-order valence-corrected chi connectivity index (χ4v) is 3.84. The van der Waals surface area contributed by atoms with Crippen LogP contribution >= 0.6 is 22.9 Å². The number of H-pyrrole nitrogens is 1. The highest BCUT2D eigenvalue weighted by atomic mass is 35.5. The molecular weight excluding hydrogens is 438 g/mol. The Labute approximate surface area is 187 Å². The van der Waals surface area contributed by atoms with Gasteiger partial charge in [-0.3, -0.25) is 15.2 Å². The third-order valence-electron chi connectivity index (χ3n) is 4.30. The molecule has 0 saturated heterocycles. The highest BCUT2D eigenvalue weighted by molar-refractivity contribution is 7.13. The number of amides is 1. The summed E-state index contributed by atoms with van der Waals surface area (Å²) in [6.07, 6.45) is 0. The van der Waals surface area contributed by atoms with Crippen LogP contribution in [0.1, 0.15) is 20.4 Å². The van der Waals surface area contributed by atoms with Gasteiger partial charge >= 0.3 is 0 Å². The SMILES string of the molecule is COc1ccccc1-c1nc(NC(=O)c2sc(COc3ccc(Cl)cc3)nc2C)n[nH]1. The maximum Gasteiger partial charge on any atom is 0.270 e. The Balaban J connectivity index is 1.43. The molecule has 2 aromatic heterocycles. The van der Waals surface area contributed by atoms with Crippen LogP contribution in [0.2, 0.25) is 5.02 Å². The zero-order valence-electron chi connectivity index (χ0n) is 16.7. The maximum atomic E-state index is 12.7. The van der Waals surface area contributed by atoms with Crippen LogP contribution < -0.4 is 14.8 Å². The summed E-state index contributed by atoms with van der Waals surface area (Å²) in [7, 11) is 1.58. The smallest absolute Gasteiger partial charge is 0.270 e. The molecule has 4 rings (SSSR count). The van der Waals surface area contributed by atoms with Gasteiger partial charge in [0.25, 0.3) is 5.91 Å². The first-order chi connectivity index (χ1) is 15.0. The van der Waals surface area contributed by atoms with E-state index in [0.717, 1.165) is 5.56 Å². The van der Waals surface area contributed by atoms with Crippen molar-refractivity contribution in [1.82, 2.24) is 20.2 Å². The molecule has 4 aromatic rings. The van der Waals surface area contributed by atoms with Crippen molar-refractivity contribution in [3.63, 3.8) is 0 Å². The molecule has 10 heteroatoms. The standard InChI is InChI=1S/C21H18ClN5O3S/c1-12-18(31-17(23-12)11-30-14-9-7-13(22)8-10-14)20(28)25-21-24-19(26-27-21)15-5-3-4-6-16(15)29-2/h3-10H,11H2,1-2H3,(H2,24,25,26,27,28). The van der Waals surface area contributed by atoms with Gasteiger partial charge in [-0.25, -0.2) is 4.98 Å². The van der Waals surface area contributed by atoms with Crippen molar-refractivity contribution >= 4 is 34.8 Å². The van der Waals surface area contributed by atoms with E-state index >= 15 is 0 Å². The van der Waals surface area contributed by atoms with Gasteiger partial charge in [0, 0.05) is 5.02 Å². The molecule has 0 bridgehead atoms. The second-order valence-electron chi connectivity index (χ2n) is 6.43. The summed E-state index contributed by atoms with van der Waals surface area (Å²) in [5, 5.41) is 10.9. The van der Waals surface area contributed by atoms with E-state index in [9.17, 15) is 4.79 Å². The number of aryl methyl sites for hydroxylation is 1. The summed E-state index contributed by atoms with van der Waals surface area (Å²) in [6.45, 7) is 2.02. The summed E-state index contributed by atoms with van der Waals surface area (Å²) in [5.74, 6) is 1.65. The van der Waals surface area contributed by atoms with E-state index in [1.807, 2.05) is 24.3 Å². The minimum absolute atomic E-state index is 0.165. The van der Waals surface area contributed by atoms with Gasteiger partial charge in [-0.05, 0) is 43.3 Å². The van der Waals surface area contributed by atoms with E-state index in [2.05, 4.69) is 25.5 Å². The molecular formula is C21H18ClN5O3S. The van der Waals surface area contributed by atoms with Crippen molar-refractivity contribution in [2.24, 2.45) is 0 Å². The van der Waals surface area contributed by atoms with Gasteiger partial charge in [0.2, 0.25) is 5.95 Å². The number of hydrogen-bond acceptors (Lipinski definition) is 7. The number of halogens is 1. The number of anilines is 1. The Hall–Kier alpha value is -3.43. The molecule has 0 fully saturated rings. The number of ether oxygens (including phenoxy) is 2. The predicted octanol–water partition coefficient (Wildman–Crippen LogP) is 4.73. The van der Waals surface area contributed by atoms with Crippen molar-refractivity contribution in [2.45, 2.75) is 13.5 Å². The highest BCUT2D eigenvalue weighted by Crippen LogP contribution is 2.27. The Morgan fingerprint density at radius 3 is 2.71 bits per heavy atom. The van der Waals surface area contributed by atoms with Crippen LogP contribution in [0.3, 0.4) is 0 Å². The summed E-state index contributed by atoms with van der Waals surface area (Å²) in [4.78, 5) is 22.0. The number of thiazole rings is 1. The van der Waals surface area contributed by atoms with Crippen molar-refractivity contribution in [3.05, 3.63) is 69.1 Å². The fraction of sp³-hybridized carbons (Fsp3) is 0.143. The van der Waals surface area contributed by atoms with Gasteiger partial charge in [-0.2, -0.15) is 4.98 Å². The molecule has 0 spiro atoms. The van der Waals surface area contributed by atoms with Gasteiger partial charge in [0.1, 0.15) is 28.0 Å². The molecule has 0 aliphatic carbocycles. The number of aromatic nitrogens is 4. The second kappa shape index (κ2) is 9.15. The number of methoxy groups -OCH3 is 1. The number of aromatic amines is 1. The molecule has 0 unspecified atom stereocenters. The van der Waals surface area contributed by atoms with E-state index in [0.29, 0.717) is 37.9 Å². The van der Waals surface area contributed by atoms with Crippen LogP contribution in [0.4, 0.5) is 5.95 Å². The number of carbonyl (C=O) groups is 1. The molecule has 2 aromatic carbocycles. The Kier molecular flexibility index (Phi) is 6.15. The minimum atomic E-state index is -0.335. The van der Waals surface area contributed by atoms with Crippen LogP contribution in [-0.4, -0.2) is 33.2 Å². The monoisotopic (exact) mass is 455 g/mol. The first-order valence-electron chi connectivity index (χ1n) is 9.25. The number of benzene rings is 2. The van der Waals surface area contributed by atoms with E-state index in [-0.39, 0.29) is 18.5 Å². The lowest BCUT2D eigenvalue weighted by Gasteiger charge is -2.04. The van der Waals surface area contributed by atoms with E-state index < -0.39 is 0 Å². The van der Waals surface area contributed by atoms with Crippen molar-refractivity contribution in [3.8, 4) is 22.9 Å². The Morgan fingerprint density at radius 2 is 1.94 bits per heavy atom. The molecule has 8 nitrogen and oxygen atoms in total. The van der Waals surface area contributed by atoms with Crippen molar-refractivity contribution in [2.75, 3.05) is 12.4 Å². The molecule has 1 amide bonds. The van der Waals surface area contributed by atoms with Crippen LogP contribution in [0.25, 0.3) is 11.4 Å². The second-order valence-corrected chi connectivity index (χ2v) is 7.95. The molecule has 31 heavy (non-hydrogen) atoms. The number of nitrogens with zero attached hydrogens (tertiary/aromatic N) is 3. The van der Waals surface area contributed by atoms with Crippen molar-refractivity contribution in [1.29, 1.82) is 0 Å². The Morgan fingerprint density at radius 1 is 1.16 bits per heavy atom. The first kappa shape index (κ1) is 20.8. The number of para-hydroxylation sites is 1. The van der Waals surface area contributed by atoms with Gasteiger partial charge in [-0.1, -0.05) is 23.7 Å². The highest BCUT2D eigenvalue weighted by Gasteiger charge is 2.18. The molecule has 0 saturated carbocycles. The van der Waals surface area contributed by atoms with Crippen LogP contribution in [-0.2, 0) is 6.61 Å². The summed E-state index contributed by atoms with van der Waals surface area (Å²) in [5.41, 5.74) is 1.35. The number of hydrogen-bond donors (Lipinski definition) is 2. The van der Waals surface area contributed by atoms with Crippen LogP contribution in [0.15, 0.2) is 48.5 Å². The lowest BCUT2D eigenvalue weighted by atomic mass is 10.2. The summed E-state index contributed by atoms with van der Waals surface area (Å²) < 4.78 is 11.0. The fourth-order valence-electron chi connectivity index (χ4n) is 2.84. The number of rotatable bonds is 7. The van der Waals surface area contributed by atoms with Crippen LogP contribution in [0.5, 0.6) is 11.5 Å². The third kappa shape index (κ3) is 4.84. The topological polar surface area (TPSA) is 102 Å². The molecule has 158 valence electrons.